The van der Waals surface area contributed by atoms with E-state index in [9.17, 15) is 14.9 Å². The molecular formula is C10H12BN2O6. The first kappa shape index (κ1) is 14.9. The van der Waals surface area contributed by atoms with Gasteiger partial charge in [0.05, 0.1) is 17.6 Å². The zero-order valence-electron chi connectivity index (χ0n) is 10.2. The summed E-state index contributed by atoms with van der Waals surface area (Å²) in [6.07, 6.45) is 0. The van der Waals surface area contributed by atoms with Crippen molar-refractivity contribution in [3.63, 3.8) is 0 Å². The third-order valence-electron chi connectivity index (χ3n) is 2.11. The Bertz CT molecular complexity index is 467. The number of benzene rings is 1. The molecule has 0 aliphatic heterocycles. The van der Waals surface area contributed by atoms with Crippen molar-refractivity contribution in [3.05, 3.63) is 33.9 Å². The topological polar surface area (TPSA) is 111 Å². The highest BCUT2D eigenvalue weighted by atomic mass is 16.6. The van der Waals surface area contributed by atoms with Gasteiger partial charge in [-0.2, -0.15) is 0 Å². The molecule has 0 saturated heterocycles. The monoisotopic (exact) mass is 267 g/mol. The number of hydrogen-bond donors (Lipinski definition) is 2. The van der Waals surface area contributed by atoms with Crippen molar-refractivity contribution in [1.82, 2.24) is 5.23 Å². The SMILES string of the molecule is CO[B]NCCOc1cc([N+](=O)[O-])ccc1C(=O)O. The Hall–Kier alpha value is -2.13. The van der Waals surface area contributed by atoms with Crippen LogP contribution in [-0.4, -0.2) is 43.9 Å². The Kier molecular flexibility index (Phi) is 5.77. The highest BCUT2D eigenvalue weighted by molar-refractivity contribution is 6.23. The lowest BCUT2D eigenvalue weighted by atomic mass is 10.2. The third-order valence-corrected chi connectivity index (χ3v) is 2.11. The molecule has 0 saturated carbocycles. The first-order valence-corrected chi connectivity index (χ1v) is 5.28. The smallest absolute Gasteiger partial charge is 0.395 e. The van der Waals surface area contributed by atoms with Gasteiger partial charge in [0.25, 0.3) is 5.69 Å². The molecule has 0 aromatic heterocycles. The molecule has 0 spiro atoms. The van der Waals surface area contributed by atoms with E-state index in [1.807, 2.05) is 0 Å². The number of ether oxygens (including phenoxy) is 1. The van der Waals surface area contributed by atoms with Crippen LogP contribution in [0.15, 0.2) is 18.2 Å². The number of carboxylic acid groups (broad SMARTS) is 1. The van der Waals surface area contributed by atoms with E-state index in [2.05, 4.69) is 9.88 Å². The molecule has 9 heteroatoms. The molecular weight excluding hydrogens is 255 g/mol. The predicted molar refractivity (Wildman–Crippen MR) is 66.3 cm³/mol. The number of non-ortho nitro benzene ring substituents is 1. The molecule has 0 heterocycles. The quantitative estimate of drug-likeness (QED) is 0.304. The number of nitro benzene ring substituents is 1. The zero-order valence-corrected chi connectivity index (χ0v) is 10.2. The highest BCUT2D eigenvalue weighted by Gasteiger charge is 2.16. The van der Waals surface area contributed by atoms with Crippen LogP contribution in [0.5, 0.6) is 5.75 Å². The zero-order chi connectivity index (χ0) is 14.3. The largest absolute Gasteiger partial charge is 0.491 e. The second-order valence-electron chi connectivity index (χ2n) is 3.40. The molecule has 0 atom stereocenters. The van der Waals surface area contributed by atoms with E-state index in [1.165, 1.54) is 14.7 Å². The number of nitro groups is 1. The van der Waals surface area contributed by atoms with Gasteiger partial charge < -0.3 is 19.7 Å². The normalized spacial score (nSPS) is 9.95. The first-order valence-electron chi connectivity index (χ1n) is 5.28. The van der Waals surface area contributed by atoms with E-state index in [0.717, 1.165) is 18.2 Å². The van der Waals surface area contributed by atoms with Gasteiger partial charge in [0.15, 0.2) is 0 Å². The Morgan fingerprint density at radius 1 is 1.58 bits per heavy atom. The van der Waals surface area contributed by atoms with Gasteiger partial charge in [-0.1, -0.05) is 0 Å². The summed E-state index contributed by atoms with van der Waals surface area (Å²) in [5.74, 6) is -1.25. The molecule has 0 fully saturated rings. The molecule has 1 radical (unpaired) electrons. The van der Waals surface area contributed by atoms with Crippen molar-refractivity contribution in [3.8, 4) is 5.75 Å². The maximum atomic E-state index is 10.9. The van der Waals surface area contributed by atoms with Crippen LogP contribution in [0, 0.1) is 10.1 Å². The van der Waals surface area contributed by atoms with Crippen LogP contribution in [-0.2, 0) is 4.65 Å². The van der Waals surface area contributed by atoms with Crippen molar-refractivity contribution in [2.24, 2.45) is 0 Å². The van der Waals surface area contributed by atoms with Gasteiger partial charge in [0.1, 0.15) is 11.3 Å². The molecule has 0 bridgehead atoms. The highest BCUT2D eigenvalue weighted by Crippen LogP contribution is 2.24. The number of nitrogens with one attached hydrogen (secondary N) is 1. The van der Waals surface area contributed by atoms with E-state index in [1.54, 1.807) is 0 Å². The fraction of sp³-hybridized carbons (Fsp3) is 0.300. The van der Waals surface area contributed by atoms with Crippen LogP contribution in [0.1, 0.15) is 10.4 Å². The molecule has 101 valence electrons. The Morgan fingerprint density at radius 2 is 2.32 bits per heavy atom. The Labute approximate surface area is 109 Å². The van der Waals surface area contributed by atoms with Crippen LogP contribution in [0.2, 0.25) is 0 Å². The van der Waals surface area contributed by atoms with Crippen LogP contribution in [0.3, 0.4) is 0 Å². The van der Waals surface area contributed by atoms with Crippen molar-refractivity contribution >= 4 is 19.3 Å². The number of hydrogen-bond acceptors (Lipinski definition) is 6. The maximum Gasteiger partial charge on any atom is 0.395 e. The minimum Gasteiger partial charge on any atom is -0.491 e. The minimum atomic E-state index is -1.21. The van der Waals surface area contributed by atoms with Gasteiger partial charge in [-0.15, -0.1) is 0 Å². The lowest BCUT2D eigenvalue weighted by Crippen LogP contribution is -2.26. The molecule has 0 aliphatic carbocycles. The van der Waals surface area contributed by atoms with Crippen LogP contribution in [0.25, 0.3) is 0 Å². The summed E-state index contributed by atoms with van der Waals surface area (Å²) in [7, 11) is 2.81. The summed E-state index contributed by atoms with van der Waals surface area (Å²) in [6, 6.07) is 3.35. The first-order chi connectivity index (χ1) is 9.06. The molecule has 0 aliphatic rings. The van der Waals surface area contributed by atoms with Gasteiger partial charge in [0, 0.05) is 19.7 Å². The molecule has 1 rings (SSSR count). The summed E-state index contributed by atoms with van der Waals surface area (Å²) < 4.78 is 9.84. The van der Waals surface area contributed by atoms with Crippen molar-refractivity contribution in [2.45, 2.75) is 0 Å². The summed E-state index contributed by atoms with van der Waals surface area (Å²) in [6.45, 7) is 0.511. The Balaban J connectivity index is 2.74. The van der Waals surface area contributed by atoms with Crippen LogP contribution in [0.4, 0.5) is 5.69 Å². The Morgan fingerprint density at radius 3 is 2.89 bits per heavy atom. The fourth-order valence-electron chi connectivity index (χ4n) is 1.28. The third kappa shape index (κ3) is 4.56. The number of carbonyl (C=O) groups is 1. The van der Waals surface area contributed by atoms with E-state index in [0.29, 0.717) is 6.54 Å². The second kappa shape index (κ2) is 7.34. The standard InChI is InChI=1S/C10H12BN2O6/c1-18-11-12-4-5-19-9-6-7(13(16)17)2-3-8(9)10(14)15/h2-3,6,12H,4-5H2,1H3,(H,14,15). The maximum absolute atomic E-state index is 10.9. The molecule has 1 aromatic rings. The number of rotatable bonds is 8. The molecule has 2 N–H and O–H groups in total. The van der Waals surface area contributed by atoms with Gasteiger partial charge in [0.2, 0.25) is 0 Å². The predicted octanol–water partition coefficient (Wildman–Crippen LogP) is 0.442. The van der Waals surface area contributed by atoms with E-state index >= 15 is 0 Å². The lowest BCUT2D eigenvalue weighted by molar-refractivity contribution is -0.384. The minimum absolute atomic E-state index is 0.0408. The molecule has 0 amide bonds. The van der Waals surface area contributed by atoms with E-state index in [4.69, 9.17) is 9.84 Å². The van der Waals surface area contributed by atoms with Crippen molar-refractivity contribution < 1.29 is 24.2 Å². The van der Waals surface area contributed by atoms with Crippen LogP contribution < -0.4 is 9.96 Å². The number of carboxylic acids is 1. The van der Waals surface area contributed by atoms with Gasteiger partial charge >= 0.3 is 13.6 Å². The summed E-state index contributed by atoms with van der Waals surface area (Å²) >= 11 is 0. The van der Waals surface area contributed by atoms with Crippen LogP contribution >= 0.6 is 0 Å². The fourth-order valence-corrected chi connectivity index (χ4v) is 1.28. The van der Waals surface area contributed by atoms with Gasteiger partial charge in [-0.25, -0.2) is 4.79 Å². The molecule has 8 nitrogen and oxygen atoms in total. The van der Waals surface area contributed by atoms with E-state index < -0.39 is 10.9 Å². The number of aromatic carboxylic acids is 1. The second-order valence-corrected chi connectivity index (χ2v) is 3.40. The molecule has 1 aromatic carbocycles. The summed E-state index contributed by atoms with van der Waals surface area (Å²) in [5.41, 5.74) is -0.349. The average molecular weight is 267 g/mol. The lowest BCUT2D eigenvalue weighted by Gasteiger charge is -2.09. The number of nitrogens with zero attached hydrogens (tertiary/aromatic N) is 1. The van der Waals surface area contributed by atoms with E-state index in [-0.39, 0.29) is 23.6 Å². The van der Waals surface area contributed by atoms with Gasteiger partial charge in [-0.05, 0) is 6.07 Å². The summed E-state index contributed by atoms with van der Waals surface area (Å²) in [5, 5.41) is 22.3. The molecule has 0 unspecified atom stereocenters. The van der Waals surface area contributed by atoms with Crippen molar-refractivity contribution in [2.75, 3.05) is 20.3 Å². The van der Waals surface area contributed by atoms with Gasteiger partial charge in [-0.3, -0.25) is 10.1 Å². The average Bonchev–Trinajstić information content (AvgIpc) is 2.38. The molecule has 19 heavy (non-hydrogen) atoms. The summed E-state index contributed by atoms with van der Waals surface area (Å²) in [4.78, 5) is 20.9. The van der Waals surface area contributed by atoms with Crippen molar-refractivity contribution in [1.29, 1.82) is 0 Å².